The van der Waals surface area contributed by atoms with E-state index in [2.05, 4.69) is 5.32 Å². The van der Waals surface area contributed by atoms with Crippen molar-refractivity contribution in [3.8, 4) is 11.5 Å². The second-order valence-electron chi connectivity index (χ2n) is 6.84. The lowest BCUT2D eigenvalue weighted by atomic mass is 9.98. The fourth-order valence-electron chi connectivity index (χ4n) is 3.32. The highest BCUT2D eigenvalue weighted by molar-refractivity contribution is 7.89. The Labute approximate surface area is 173 Å². The van der Waals surface area contributed by atoms with Gasteiger partial charge in [-0.2, -0.15) is 4.31 Å². The molecule has 1 saturated heterocycles. The van der Waals surface area contributed by atoms with Crippen LogP contribution in [0.25, 0.3) is 0 Å². The highest BCUT2D eigenvalue weighted by atomic mass is 32.2. The summed E-state index contributed by atoms with van der Waals surface area (Å²) in [7, 11) is -1.00. The normalized spacial score (nSPS) is 17.4. The van der Waals surface area contributed by atoms with E-state index in [1.165, 1.54) is 42.8 Å². The standard InChI is InChI=1S/C20H22F2N2O5S/c1-28-18-8-6-15(11-19(18)29-2)30(26,27)24-9-3-4-13(12-24)20(25)23-14-5-7-16(21)17(22)10-14/h5-8,10-11,13H,3-4,9,12H2,1-2H3,(H,23,25)/t13-/m0/s1. The zero-order valence-corrected chi connectivity index (χ0v) is 17.3. The molecule has 0 saturated carbocycles. The van der Waals surface area contributed by atoms with Gasteiger partial charge in [0, 0.05) is 30.9 Å². The number of nitrogens with one attached hydrogen (secondary N) is 1. The topological polar surface area (TPSA) is 84.9 Å². The smallest absolute Gasteiger partial charge is 0.243 e. The van der Waals surface area contributed by atoms with Gasteiger partial charge in [0.25, 0.3) is 0 Å². The number of methoxy groups -OCH3 is 2. The van der Waals surface area contributed by atoms with Crippen molar-refractivity contribution in [2.45, 2.75) is 17.7 Å². The van der Waals surface area contributed by atoms with Crippen molar-refractivity contribution in [2.24, 2.45) is 5.92 Å². The number of rotatable bonds is 6. The monoisotopic (exact) mass is 440 g/mol. The van der Waals surface area contributed by atoms with Crippen LogP contribution in [0, 0.1) is 17.6 Å². The van der Waals surface area contributed by atoms with Crippen LogP contribution in [-0.2, 0) is 14.8 Å². The minimum Gasteiger partial charge on any atom is -0.493 e. The van der Waals surface area contributed by atoms with Crippen LogP contribution in [0.3, 0.4) is 0 Å². The highest BCUT2D eigenvalue weighted by Gasteiger charge is 2.34. The summed E-state index contributed by atoms with van der Waals surface area (Å²) in [5.41, 5.74) is 0.110. The minimum atomic E-state index is -3.86. The van der Waals surface area contributed by atoms with Gasteiger partial charge in [0.1, 0.15) is 0 Å². The van der Waals surface area contributed by atoms with Gasteiger partial charge < -0.3 is 14.8 Å². The Morgan fingerprint density at radius 2 is 1.80 bits per heavy atom. The average molecular weight is 440 g/mol. The van der Waals surface area contributed by atoms with Crippen LogP contribution >= 0.6 is 0 Å². The number of anilines is 1. The molecule has 1 heterocycles. The van der Waals surface area contributed by atoms with E-state index in [4.69, 9.17) is 9.47 Å². The maximum Gasteiger partial charge on any atom is 0.243 e. The third-order valence-electron chi connectivity index (χ3n) is 4.93. The summed E-state index contributed by atoms with van der Waals surface area (Å²) < 4.78 is 64.1. The van der Waals surface area contributed by atoms with Crippen molar-refractivity contribution in [1.82, 2.24) is 4.31 Å². The van der Waals surface area contributed by atoms with Crippen LogP contribution < -0.4 is 14.8 Å². The van der Waals surface area contributed by atoms with E-state index >= 15 is 0 Å². The van der Waals surface area contributed by atoms with Gasteiger partial charge in [0.15, 0.2) is 23.1 Å². The predicted octanol–water partition coefficient (Wildman–Crippen LogP) is 3.02. The van der Waals surface area contributed by atoms with Crippen LogP contribution in [0.1, 0.15) is 12.8 Å². The molecule has 30 heavy (non-hydrogen) atoms. The zero-order valence-electron chi connectivity index (χ0n) is 16.5. The van der Waals surface area contributed by atoms with E-state index in [-0.39, 0.29) is 29.4 Å². The molecule has 1 amide bonds. The van der Waals surface area contributed by atoms with Gasteiger partial charge in [-0.15, -0.1) is 0 Å². The summed E-state index contributed by atoms with van der Waals surface area (Å²) in [4.78, 5) is 12.6. The molecule has 162 valence electrons. The highest BCUT2D eigenvalue weighted by Crippen LogP contribution is 2.32. The number of nitrogens with zero attached hydrogens (tertiary/aromatic N) is 1. The Kier molecular flexibility index (Phi) is 6.57. The summed E-state index contributed by atoms with van der Waals surface area (Å²) in [5, 5.41) is 2.52. The number of sulfonamides is 1. The number of ether oxygens (including phenoxy) is 2. The number of hydrogen-bond donors (Lipinski definition) is 1. The lowest BCUT2D eigenvalue weighted by Gasteiger charge is -2.31. The van der Waals surface area contributed by atoms with Gasteiger partial charge in [0.2, 0.25) is 15.9 Å². The van der Waals surface area contributed by atoms with E-state index in [1.807, 2.05) is 0 Å². The first-order chi connectivity index (χ1) is 14.3. The molecule has 3 rings (SSSR count). The summed E-state index contributed by atoms with van der Waals surface area (Å²) in [6, 6.07) is 7.34. The Morgan fingerprint density at radius 1 is 1.07 bits per heavy atom. The number of hydrogen-bond acceptors (Lipinski definition) is 5. The molecule has 1 N–H and O–H groups in total. The largest absolute Gasteiger partial charge is 0.493 e. The van der Waals surface area contributed by atoms with Crippen LogP contribution in [0.2, 0.25) is 0 Å². The number of amides is 1. The molecule has 0 unspecified atom stereocenters. The van der Waals surface area contributed by atoms with Crippen molar-refractivity contribution >= 4 is 21.6 Å². The van der Waals surface area contributed by atoms with E-state index in [0.29, 0.717) is 18.6 Å². The van der Waals surface area contributed by atoms with Crippen molar-refractivity contribution in [2.75, 3.05) is 32.6 Å². The molecule has 0 aromatic heterocycles. The number of piperidine rings is 1. The number of halogens is 2. The molecule has 1 fully saturated rings. The van der Waals surface area contributed by atoms with Gasteiger partial charge in [-0.25, -0.2) is 17.2 Å². The Bertz CT molecular complexity index is 1050. The van der Waals surface area contributed by atoms with Crippen LogP contribution in [0.5, 0.6) is 11.5 Å². The van der Waals surface area contributed by atoms with Gasteiger partial charge in [0.05, 0.1) is 25.0 Å². The number of carbonyl (C=O) groups excluding carboxylic acids is 1. The Hall–Kier alpha value is -2.72. The quantitative estimate of drug-likeness (QED) is 0.747. The summed E-state index contributed by atoms with van der Waals surface area (Å²) in [6.45, 7) is 0.248. The molecule has 7 nitrogen and oxygen atoms in total. The van der Waals surface area contributed by atoms with E-state index in [0.717, 1.165) is 12.1 Å². The van der Waals surface area contributed by atoms with Gasteiger partial charge in [-0.05, 0) is 37.1 Å². The van der Waals surface area contributed by atoms with Crippen molar-refractivity contribution in [1.29, 1.82) is 0 Å². The molecule has 1 aliphatic rings. The third-order valence-corrected chi connectivity index (χ3v) is 6.80. The molecule has 0 spiro atoms. The average Bonchev–Trinajstić information content (AvgIpc) is 2.75. The molecule has 0 aliphatic carbocycles. The van der Waals surface area contributed by atoms with Crippen molar-refractivity contribution in [3.05, 3.63) is 48.0 Å². The fourth-order valence-corrected chi connectivity index (χ4v) is 4.86. The second kappa shape index (κ2) is 8.97. The Morgan fingerprint density at radius 3 is 2.47 bits per heavy atom. The van der Waals surface area contributed by atoms with Crippen molar-refractivity contribution in [3.63, 3.8) is 0 Å². The lowest BCUT2D eigenvalue weighted by molar-refractivity contribution is -0.120. The van der Waals surface area contributed by atoms with Crippen LogP contribution in [0.15, 0.2) is 41.3 Å². The molecule has 1 aliphatic heterocycles. The van der Waals surface area contributed by atoms with E-state index < -0.39 is 33.5 Å². The van der Waals surface area contributed by atoms with Gasteiger partial charge >= 0.3 is 0 Å². The first-order valence-corrected chi connectivity index (χ1v) is 10.7. The molecular weight excluding hydrogens is 418 g/mol. The van der Waals surface area contributed by atoms with E-state index in [9.17, 15) is 22.0 Å². The molecule has 0 bridgehead atoms. The lowest BCUT2D eigenvalue weighted by Crippen LogP contribution is -2.43. The minimum absolute atomic E-state index is 0.0216. The predicted molar refractivity (Wildman–Crippen MR) is 106 cm³/mol. The van der Waals surface area contributed by atoms with Crippen LogP contribution in [-0.4, -0.2) is 45.9 Å². The maximum atomic E-state index is 13.4. The summed E-state index contributed by atoms with van der Waals surface area (Å²) in [6.07, 6.45) is 0.968. The summed E-state index contributed by atoms with van der Waals surface area (Å²) >= 11 is 0. The first kappa shape index (κ1) is 22.0. The van der Waals surface area contributed by atoms with Gasteiger partial charge in [-0.1, -0.05) is 0 Å². The molecule has 2 aromatic carbocycles. The van der Waals surface area contributed by atoms with E-state index in [1.54, 1.807) is 0 Å². The SMILES string of the molecule is COc1ccc(S(=O)(=O)N2CCC[C@H](C(=O)Nc3ccc(F)c(F)c3)C2)cc1OC. The summed E-state index contributed by atoms with van der Waals surface area (Å²) in [5.74, 6) is -2.48. The molecule has 1 atom stereocenters. The molecule has 0 radical (unpaired) electrons. The second-order valence-corrected chi connectivity index (χ2v) is 8.78. The third kappa shape index (κ3) is 4.54. The maximum absolute atomic E-state index is 13.4. The molecular formula is C20H22F2N2O5S. The molecule has 10 heteroatoms. The first-order valence-electron chi connectivity index (χ1n) is 9.24. The van der Waals surface area contributed by atoms with Crippen LogP contribution in [0.4, 0.5) is 14.5 Å². The number of carbonyl (C=O) groups is 1. The number of benzene rings is 2. The fraction of sp³-hybridized carbons (Fsp3) is 0.350. The van der Waals surface area contributed by atoms with Crippen molar-refractivity contribution < 1.29 is 31.5 Å². The Balaban J connectivity index is 1.76. The zero-order chi connectivity index (χ0) is 21.9. The van der Waals surface area contributed by atoms with Gasteiger partial charge in [-0.3, -0.25) is 4.79 Å². The molecule has 2 aromatic rings.